The van der Waals surface area contributed by atoms with Gasteiger partial charge in [-0.3, -0.25) is 5.01 Å². The Bertz CT molecular complexity index is 367. The number of rotatable bonds is 2. The van der Waals surface area contributed by atoms with Crippen LogP contribution in [0.1, 0.15) is 23.6 Å². The molecule has 1 aromatic carbocycles. The average molecular weight is 203 g/mol. The van der Waals surface area contributed by atoms with Crippen molar-refractivity contribution in [2.75, 3.05) is 13.6 Å². The van der Waals surface area contributed by atoms with Crippen LogP contribution in [0, 0.1) is 6.92 Å². The molecule has 0 saturated carbocycles. The van der Waals surface area contributed by atoms with Crippen LogP contribution in [0.15, 0.2) is 29.4 Å². The highest BCUT2D eigenvalue weighted by molar-refractivity contribution is 5.87. The predicted octanol–water partition coefficient (Wildman–Crippen LogP) is 1.69. The summed E-state index contributed by atoms with van der Waals surface area (Å²) in [5.41, 5.74) is 9.30. The Labute approximate surface area is 90.6 Å². The van der Waals surface area contributed by atoms with Crippen LogP contribution in [0.4, 0.5) is 0 Å². The smallest absolute Gasteiger partial charge is 0.0769 e. The van der Waals surface area contributed by atoms with Crippen LogP contribution >= 0.6 is 0 Å². The van der Waals surface area contributed by atoms with Crippen molar-refractivity contribution in [3.05, 3.63) is 35.4 Å². The Morgan fingerprint density at radius 2 is 2.07 bits per heavy atom. The van der Waals surface area contributed by atoms with Crippen LogP contribution in [-0.2, 0) is 0 Å². The molecular formula is C12H17N3. The van der Waals surface area contributed by atoms with E-state index in [2.05, 4.69) is 36.3 Å². The van der Waals surface area contributed by atoms with Gasteiger partial charge in [-0.25, -0.2) is 0 Å². The lowest BCUT2D eigenvalue weighted by Gasteiger charge is -2.19. The summed E-state index contributed by atoms with van der Waals surface area (Å²) in [6.07, 6.45) is 0.954. The molecule has 1 atom stereocenters. The highest BCUT2D eigenvalue weighted by Crippen LogP contribution is 2.28. The van der Waals surface area contributed by atoms with E-state index < -0.39 is 0 Å². The summed E-state index contributed by atoms with van der Waals surface area (Å²) in [7, 11) is 2.01. The summed E-state index contributed by atoms with van der Waals surface area (Å²) in [5, 5.41) is 6.42. The van der Waals surface area contributed by atoms with Gasteiger partial charge in [0, 0.05) is 20.0 Å². The zero-order valence-electron chi connectivity index (χ0n) is 9.27. The second-order valence-electron chi connectivity index (χ2n) is 4.07. The molecule has 1 heterocycles. The van der Waals surface area contributed by atoms with Gasteiger partial charge >= 0.3 is 0 Å². The Hall–Kier alpha value is -1.35. The van der Waals surface area contributed by atoms with Crippen molar-refractivity contribution in [3.63, 3.8) is 0 Å². The number of hydrogen-bond donors (Lipinski definition) is 1. The fraction of sp³-hybridized carbons (Fsp3) is 0.417. The third-order valence-corrected chi connectivity index (χ3v) is 2.88. The number of nitrogens with zero attached hydrogens (tertiary/aromatic N) is 2. The average Bonchev–Trinajstić information content (AvgIpc) is 2.61. The van der Waals surface area contributed by atoms with Crippen molar-refractivity contribution in [2.24, 2.45) is 10.8 Å². The van der Waals surface area contributed by atoms with Gasteiger partial charge in [0.25, 0.3) is 0 Å². The van der Waals surface area contributed by atoms with Crippen molar-refractivity contribution in [1.82, 2.24) is 5.01 Å². The minimum atomic E-state index is 0.365. The van der Waals surface area contributed by atoms with E-state index in [1.807, 2.05) is 12.1 Å². The summed E-state index contributed by atoms with van der Waals surface area (Å²) in [4.78, 5) is 0. The lowest BCUT2D eigenvalue weighted by atomic mass is 10.0. The van der Waals surface area contributed by atoms with Crippen LogP contribution in [0.3, 0.4) is 0 Å². The number of aryl methyl sites for hydroxylation is 1. The quantitative estimate of drug-likeness (QED) is 0.794. The third-order valence-electron chi connectivity index (χ3n) is 2.88. The summed E-state index contributed by atoms with van der Waals surface area (Å²) in [5.74, 6) is 0. The van der Waals surface area contributed by atoms with Crippen LogP contribution < -0.4 is 5.73 Å². The van der Waals surface area contributed by atoms with Gasteiger partial charge in [0.15, 0.2) is 0 Å². The Morgan fingerprint density at radius 3 is 2.60 bits per heavy atom. The minimum Gasteiger partial charge on any atom is -0.325 e. The minimum absolute atomic E-state index is 0.365. The maximum Gasteiger partial charge on any atom is 0.0769 e. The lowest BCUT2D eigenvalue weighted by Crippen LogP contribution is -2.14. The molecule has 3 nitrogen and oxygen atoms in total. The van der Waals surface area contributed by atoms with E-state index in [1.54, 1.807) is 0 Å². The maximum absolute atomic E-state index is 5.60. The molecule has 1 unspecified atom stereocenters. The largest absolute Gasteiger partial charge is 0.325 e. The molecule has 2 rings (SSSR count). The van der Waals surface area contributed by atoms with E-state index in [4.69, 9.17) is 5.73 Å². The molecular weight excluding hydrogens is 186 g/mol. The van der Waals surface area contributed by atoms with Gasteiger partial charge in [-0.2, -0.15) is 5.10 Å². The zero-order chi connectivity index (χ0) is 10.8. The molecule has 0 aliphatic carbocycles. The van der Waals surface area contributed by atoms with Gasteiger partial charge in [-0.15, -0.1) is 0 Å². The van der Waals surface area contributed by atoms with Gasteiger partial charge in [0.2, 0.25) is 0 Å². The fourth-order valence-electron chi connectivity index (χ4n) is 1.94. The number of benzene rings is 1. The molecule has 3 heteroatoms. The molecule has 1 aliphatic rings. The highest BCUT2D eigenvalue weighted by Gasteiger charge is 2.23. The van der Waals surface area contributed by atoms with Gasteiger partial charge in [-0.05, 0) is 12.5 Å². The van der Waals surface area contributed by atoms with Crippen LogP contribution in [-0.4, -0.2) is 24.3 Å². The first-order valence-electron chi connectivity index (χ1n) is 5.26. The zero-order valence-corrected chi connectivity index (χ0v) is 9.27. The van der Waals surface area contributed by atoms with E-state index in [1.165, 1.54) is 11.1 Å². The summed E-state index contributed by atoms with van der Waals surface area (Å²) in [6.45, 7) is 2.66. The van der Waals surface area contributed by atoms with Crippen molar-refractivity contribution in [1.29, 1.82) is 0 Å². The van der Waals surface area contributed by atoms with Crippen LogP contribution in [0.2, 0.25) is 0 Å². The molecule has 0 fully saturated rings. The summed E-state index contributed by atoms with van der Waals surface area (Å²) >= 11 is 0. The maximum atomic E-state index is 5.60. The molecule has 0 radical (unpaired) electrons. The first kappa shape index (κ1) is 10.2. The van der Waals surface area contributed by atoms with E-state index in [9.17, 15) is 0 Å². The van der Waals surface area contributed by atoms with Gasteiger partial charge in [-0.1, -0.05) is 29.8 Å². The van der Waals surface area contributed by atoms with Crippen molar-refractivity contribution in [2.45, 2.75) is 19.4 Å². The van der Waals surface area contributed by atoms with Crippen molar-refractivity contribution in [3.8, 4) is 0 Å². The number of hydrogen-bond acceptors (Lipinski definition) is 3. The lowest BCUT2D eigenvalue weighted by molar-refractivity contribution is 0.290. The Kier molecular flexibility index (Phi) is 2.73. The number of nitrogens with two attached hydrogens (primary N) is 1. The topological polar surface area (TPSA) is 41.6 Å². The molecule has 0 bridgehead atoms. The van der Waals surface area contributed by atoms with Crippen LogP contribution in [0.25, 0.3) is 0 Å². The molecule has 0 aromatic heterocycles. The highest BCUT2D eigenvalue weighted by atomic mass is 15.5. The van der Waals surface area contributed by atoms with Gasteiger partial charge < -0.3 is 5.73 Å². The molecule has 0 saturated heterocycles. The van der Waals surface area contributed by atoms with Crippen molar-refractivity contribution >= 4 is 5.71 Å². The summed E-state index contributed by atoms with van der Waals surface area (Å²) in [6, 6.07) is 8.99. The molecule has 1 aromatic rings. The second-order valence-corrected chi connectivity index (χ2v) is 4.07. The van der Waals surface area contributed by atoms with E-state index in [0.29, 0.717) is 12.6 Å². The molecule has 15 heavy (non-hydrogen) atoms. The SMILES string of the molecule is Cc1ccc(C2CC(CN)=NN2C)cc1. The third kappa shape index (κ3) is 2.02. The molecule has 80 valence electrons. The Balaban J connectivity index is 2.17. The predicted molar refractivity (Wildman–Crippen MR) is 62.8 cm³/mol. The Morgan fingerprint density at radius 1 is 1.40 bits per heavy atom. The first-order chi connectivity index (χ1) is 7.20. The fourth-order valence-corrected chi connectivity index (χ4v) is 1.94. The second kappa shape index (κ2) is 4.03. The number of hydrazone groups is 1. The van der Waals surface area contributed by atoms with Crippen LogP contribution in [0.5, 0.6) is 0 Å². The van der Waals surface area contributed by atoms with Gasteiger partial charge in [0.05, 0.1) is 11.8 Å². The summed E-state index contributed by atoms with van der Waals surface area (Å²) < 4.78 is 0. The standard InChI is InChI=1S/C12H17N3/c1-9-3-5-10(6-4-9)12-7-11(8-13)14-15(12)2/h3-6,12H,7-8,13H2,1-2H3. The molecule has 1 aliphatic heterocycles. The normalized spacial score (nSPS) is 20.6. The monoisotopic (exact) mass is 203 g/mol. The molecule has 0 amide bonds. The molecule has 2 N–H and O–H groups in total. The van der Waals surface area contributed by atoms with E-state index in [-0.39, 0.29) is 0 Å². The van der Waals surface area contributed by atoms with E-state index >= 15 is 0 Å². The van der Waals surface area contributed by atoms with Crippen molar-refractivity contribution < 1.29 is 0 Å². The first-order valence-corrected chi connectivity index (χ1v) is 5.26. The van der Waals surface area contributed by atoms with E-state index in [0.717, 1.165) is 12.1 Å². The van der Waals surface area contributed by atoms with Gasteiger partial charge in [0.1, 0.15) is 0 Å². The molecule has 0 spiro atoms.